The molecule has 0 bridgehead atoms. The number of benzene rings is 2. The molecule has 3 nitrogen and oxygen atoms in total. The Hall–Kier alpha value is -2.20. The summed E-state index contributed by atoms with van der Waals surface area (Å²) in [6.07, 6.45) is 0. The average Bonchev–Trinajstić information content (AvgIpc) is 3.00. The summed E-state index contributed by atoms with van der Waals surface area (Å²) in [5.74, 6) is 0.679. The van der Waals surface area contributed by atoms with Crippen molar-refractivity contribution in [1.82, 2.24) is 4.57 Å². The smallest absolute Gasteiger partial charge is 0.534 e. The van der Waals surface area contributed by atoms with Gasteiger partial charge >= 0.3 is 7.12 Å². The molecule has 4 rings (SSSR count). The van der Waals surface area contributed by atoms with Gasteiger partial charge in [-0.05, 0) is 38.4 Å². The molecule has 0 aliphatic carbocycles. The largest absolute Gasteiger partial charge is 0.563 e. The van der Waals surface area contributed by atoms with Gasteiger partial charge < -0.3 is 13.9 Å². The van der Waals surface area contributed by atoms with Crippen LogP contribution in [0.25, 0.3) is 21.8 Å². The van der Waals surface area contributed by atoms with E-state index < -0.39 is 5.60 Å². The molecule has 1 aromatic heterocycles. The molecular weight excluding hydrogens is 285 g/mol. The van der Waals surface area contributed by atoms with Gasteiger partial charge in [-0.15, -0.1) is 0 Å². The summed E-state index contributed by atoms with van der Waals surface area (Å²) in [7, 11) is -0.384. The number of para-hydroxylation sites is 1. The maximum atomic E-state index is 6.01. The second-order valence-corrected chi connectivity index (χ2v) is 6.54. The zero-order chi connectivity index (χ0) is 16.2. The molecule has 1 fully saturated rings. The Morgan fingerprint density at radius 3 is 2.52 bits per heavy atom. The molecule has 2 heterocycles. The molecule has 0 unspecified atom stereocenters. The lowest BCUT2D eigenvalue weighted by Crippen LogP contribution is -2.34. The van der Waals surface area contributed by atoms with E-state index in [9.17, 15) is 0 Å². The van der Waals surface area contributed by atoms with Crippen molar-refractivity contribution in [2.24, 2.45) is 0 Å². The number of fused-ring (bicyclic) bond motifs is 3. The normalized spacial score (nSPS) is 17.2. The van der Waals surface area contributed by atoms with Gasteiger partial charge in [0.25, 0.3) is 0 Å². The predicted molar refractivity (Wildman–Crippen MR) is 95.9 cm³/mol. The van der Waals surface area contributed by atoms with Crippen LogP contribution in [0, 0.1) is 0 Å². The summed E-state index contributed by atoms with van der Waals surface area (Å²) in [6.45, 7) is 11.0. The molecule has 0 radical (unpaired) electrons. The SMILES string of the molecule is C=C1OB(c2ccc3c4ccccc4n(CC)c3c2)OC1(C)C. The molecule has 0 atom stereocenters. The van der Waals surface area contributed by atoms with Gasteiger partial charge in [-0.3, -0.25) is 0 Å². The molecule has 1 aliphatic heterocycles. The Kier molecular flexibility index (Phi) is 3.07. The number of nitrogens with zero attached hydrogens (tertiary/aromatic N) is 1. The first-order chi connectivity index (χ1) is 11.0. The minimum atomic E-state index is -0.447. The number of hydrogen-bond acceptors (Lipinski definition) is 2. The van der Waals surface area contributed by atoms with E-state index in [2.05, 4.69) is 60.5 Å². The van der Waals surface area contributed by atoms with Gasteiger partial charge in [-0.2, -0.15) is 0 Å². The Morgan fingerprint density at radius 2 is 1.83 bits per heavy atom. The highest BCUT2D eigenvalue weighted by Crippen LogP contribution is 2.31. The molecule has 0 amide bonds. The van der Waals surface area contributed by atoms with Crippen LogP contribution in [0.2, 0.25) is 0 Å². The van der Waals surface area contributed by atoms with Crippen molar-refractivity contribution >= 4 is 34.4 Å². The minimum Gasteiger partial charge on any atom is -0.534 e. The van der Waals surface area contributed by atoms with Crippen molar-refractivity contribution in [2.75, 3.05) is 0 Å². The van der Waals surface area contributed by atoms with E-state index in [4.69, 9.17) is 9.31 Å². The van der Waals surface area contributed by atoms with Crippen molar-refractivity contribution in [3.05, 3.63) is 54.8 Å². The summed E-state index contributed by atoms with van der Waals surface area (Å²) in [6, 6.07) is 15.0. The fourth-order valence-corrected chi connectivity index (χ4v) is 3.32. The molecule has 0 spiro atoms. The van der Waals surface area contributed by atoms with Crippen LogP contribution in [-0.4, -0.2) is 17.3 Å². The van der Waals surface area contributed by atoms with Gasteiger partial charge in [0, 0.05) is 28.4 Å². The van der Waals surface area contributed by atoms with Gasteiger partial charge in [0.05, 0.1) is 5.76 Å². The first-order valence-electron chi connectivity index (χ1n) is 8.06. The van der Waals surface area contributed by atoms with Crippen LogP contribution < -0.4 is 5.46 Å². The quantitative estimate of drug-likeness (QED) is 0.671. The van der Waals surface area contributed by atoms with Crippen molar-refractivity contribution in [1.29, 1.82) is 0 Å². The summed E-state index contributed by atoms with van der Waals surface area (Å²) in [5.41, 5.74) is 3.06. The summed E-state index contributed by atoms with van der Waals surface area (Å²) < 4.78 is 14.2. The average molecular weight is 305 g/mol. The summed E-state index contributed by atoms with van der Waals surface area (Å²) in [4.78, 5) is 0. The second kappa shape index (κ2) is 4.90. The molecule has 1 aliphatic rings. The molecular formula is C19H20BNO2. The van der Waals surface area contributed by atoms with E-state index in [-0.39, 0.29) is 7.12 Å². The third-order valence-corrected chi connectivity index (χ3v) is 4.71. The van der Waals surface area contributed by atoms with Gasteiger partial charge in [0.15, 0.2) is 0 Å². The maximum absolute atomic E-state index is 6.01. The molecule has 4 heteroatoms. The molecule has 23 heavy (non-hydrogen) atoms. The topological polar surface area (TPSA) is 23.4 Å². The standard InChI is InChI=1S/C19H20BNO2/c1-5-21-17-9-7-6-8-15(17)16-11-10-14(12-18(16)21)20-22-13(2)19(3,4)23-20/h6-12H,2,5H2,1,3-4H3. The lowest BCUT2D eigenvalue weighted by Gasteiger charge is -2.15. The molecule has 1 saturated heterocycles. The van der Waals surface area contributed by atoms with Crippen LogP contribution in [0.1, 0.15) is 20.8 Å². The number of rotatable bonds is 2. The fraction of sp³-hybridized carbons (Fsp3) is 0.263. The van der Waals surface area contributed by atoms with Crippen molar-refractivity contribution < 1.29 is 9.31 Å². The van der Waals surface area contributed by atoms with Crippen LogP contribution in [0.4, 0.5) is 0 Å². The zero-order valence-electron chi connectivity index (χ0n) is 13.8. The highest BCUT2D eigenvalue weighted by atomic mass is 16.7. The van der Waals surface area contributed by atoms with Crippen LogP contribution in [0.3, 0.4) is 0 Å². The summed E-state index contributed by atoms with van der Waals surface area (Å²) in [5, 5.41) is 2.55. The Balaban J connectivity index is 1.88. The summed E-state index contributed by atoms with van der Waals surface area (Å²) >= 11 is 0. The van der Waals surface area contributed by atoms with Crippen LogP contribution in [0.15, 0.2) is 54.8 Å². The Bertz CT molecular complexity index is 926. The number of aryl methyl sites for hydroxylation is 1. The highest BCUT2D eigenvalue weighted by molar-refractivity contribution is 6.62. The van der Waals surface area contributed by atoms with E-state index in [1.165, 1.54) is 21.8 Å². The lowest BCUT2D eigenvalue weighted by atomic mass is 9.79. The highest BCUT2D eigenvalue weighted by Gasteiger charge is 2.42. The molecule has 2 aromatic carbocycles. The van der Waals surface area contributed by atoms with E-state index in [0.717, 1.165) is 12.0 Å². The minimum absolute atomic E-state index is 0.384. The van der Waals surface area contributed by atoms with Gasteiger partial charge in [0.1, 0.15) is 5.60 Å². The number of hydrogen-bond donors (Lipinski definition) is 0. The van der Waals surface area contributed by atoms with Gasteiger partial charge in [0.2, 0.25) is 0 Å². The Morgan fingerprint density at radius 1 is 1.09 bits per heavy atom. The predicted octanol–water partition coefficient (Wildman–Crippen LogP) is 3.85. The molecule has 116 valence electrons. The fourth-order valence-electron chi connectivity index (χ4n) is 3.32. The van der Waals surface area contributed by atoms with Crippen LogP contribution in [-0.2, 0) is 15.9 Å². The van der Waals surface area contributed by atoms with E-state index in [0.29, 0.717) is 5.76 Å². The molecule has 0 N–H and O–H groups in total. The zero-order valence-corrected chi connectivity index (χ0v) is 13.8. The molecule has 3 aromatic rings. The van der Waals surface area contributed by atoms with Crippen molar-refractivity contribution in [2.45, 2.75) is 32.9 Å². The van der Waals surface area contributed by atoms with Gasteiger partial charge in [-0.1, -0.05) is 36.9 Å². The van der Waals surface area contributed by atoms with E-state index in [1.807, 2.05) is 13.8 Å². The van der Waals surface area contributed by atoms with Crippen molar-refractivity contribution in [3.63, 3.8) is 0 Å². The second-order valence-electron chi connectivity index (χ2n) is 6.54. The van der Waals surface area contributed by atoms with E-state index in [1.54, 1.807) is 0 Å². The lowest BCUT2D eigenvalue weighted by molar-refractivity contribution is 0.173. The van der Waals surface area contributed by atoms with Crippen molar-refractivity contribution in [3.8, 4) is 0 Å². The Labute approximate surface area is 136 Å². The van der Waals surface area contributed by atoms with E-state index >= 15 is 0 Å². The number of aromatic nitrogens is 1. The maximum Gasteiger partial charge on any atom is 0.563 e. The first-order valence-corrected chi connectivity index (χ1v) is 8.06. The monoisotopic (exact) mass is 305 g/mol. The molecule has 0 saturated carbocycles. The third-order valence-electron chi connectivity index (χ3n) is 4.71. The van der Waals surface area contributed by atoms with Gasteiger partial charge in [-0.25, -0.2) is 0 Å². The van der Waals surface area contributed by atoms with Crippen LogP contribution in [0.5, 0.6) is 0 Å². The van der Waals surface area contributed by atoms with Crippen LogP contribution >= 0.6 is 0 Å². The third kappa shape index (κ3) is 2.09. The first kappa shape index (κ1) is 14.4.